The summed E-state index contributed by atoms with van der Waals surface area (Å²) in [4.78, 5) is 12.8. The average Bonchev–Trinajstić information content (AvgIpc) is 3.22. The molecule has 2 N–H and O–H groups in total. The molecule has 0 fully saturated rings. The molecule has 4 aromatic rings. The van der Waals surface area contributed by atoms with Crippen LogP contribution in [0.25, 0.3) is 0 Å². The molecular formula is C24H21FN4O3S. The molecule has 168 valence electrons. The van der Waals surface area contributed by atoms with Crippen molar-refractivity contribution in [1.29, 1.82) is 0 Å². The van der Waals surface area contributed by atoms with Crippen LogP contribution in [0.1, 0.15) is 21.5 Å². The number of carbonyl (C=O) groups excluding carboxylic acids is 1. The van der Waals surface area contributed by atoms with Crippen molar-refractivity contribution in [3.05, 3.63) is 108 Å². The lowest BCUT2D eigenvalue weighted by molar-refractivity contribution is 0.102. The Morgan fingerprint density at radius 1 is 1.00 bits per heavy atom. The van der Waals surface area contributed by atoms with Crippen molar-refractivity contribution < 1.29 is 17.6 Å². The quantitative estimate of drug-likeness (QED) is 0.423. The van der Waals surface area contributed by atoms with Crippen LogP contribution in [-0.2, 0) is 16.6 Å². The number of halogens is 1. The Balaban J connectivity index is 1.50. The molecule has 0 saturated carbocycles. The fraction of sp³-hybridized carbons (Fsp3) is 0.0833. The lowest BCUT2D eigenvalue weighted by Crippen LogP contribution is -2.17. The summed E-state index contributed by atoms with van der Waals surface area (Å²) in [6, 6.07) is 19.0. The minimum absolute atomic E-state index is 0.0812. The molecule has 0 aliphatic rings. The minimum Gasteiger partial charge on any atom is -0.319 e. The average molecular weight is 465 g/mol. The van der Waals surface area contributed by atoms with Gasteiger partial charge in [-0.05, 0) is 54.4 Å². The maximum atomic E-state index is 13.1. The van der Waals surface area contributed by atoms with E-state index in [0.29, 0.717) is 17.8 Å². The summed E-state index contributed by atoms with van der Waals surface area (Å²) in [6.07, 6.45) is 3.24. The van der Waals surface area contributed by atoms with Crippen molar-refractivity contribution in [2.75, 3.05) is 10.0 Å². The van der Waals surface area contributed by atoms with Gasteiger partial charge in [-0.1, -0.05) is 36.4 Å². The van der Waals surface area contributed by atoms with E-state index in [1.54, 1.807) is 23.9 Å². The highest BCUT2D eigenvalue weighted by Crippen LogP contribution is 2.21. The summed E-state index contributed by atoms with van der Waals surface area (Å²) in [5, 5.41) is 7.02. The number of sulfonamides is 1. The molecular weight excluding hydrogens is 443 g/mol. The van der Waals surface area contributed by atoms with E-state index in [2.05, 4.69) is 15.1 Å². The molecule has 33 heavy (non-hydrogen) atoms. The normalized spacial score (nSPS) is 11.2. The van der Waals surface area contributed by atoms with Gasteiger partial charge in [-0.25, -0.2) is 12.8 Å². The zero-order chi connectivity index (χ0) is 23.4. The summed E-state index contributed by atoms with van der Waals surface area (Å²) in [7, 11) is -3.97. The number of rotatable bonds is 7. The highest BCUT2D eigenvalue weighted by Gasteiger charge is 2.19. The lowest BCUT2D eigenvalue weighted by atomic mass is 10.1. The van der Waals surface area contributed by atoms with Gasteiger partial charge in [-0.3, -0.25) is 14.2 Å². The Kier molecular flexibility index (Phi) is 6.23. The van der Waals surface area contributed by atoms with Gasteiger partial charge < -0.3 is 5.32 Å². The Hall–Kier alpha value is -3.98. The molecule has 9 heteroatoms. The zero-order valence-corrected chi connectivity index (χ0v) is 18.5. The summed E-state index contributed by atoms with van der Waals surface area (Å²) in [6.45, 7) is 2.27. The van der Waals surface area contributed by atoms with E-state index in [0.717, 1.165) is 17.7 Å². The van der Waals surface area contributed by atoms with Crippen LogP contribution in [0, 0.1) is 12.7 Å². The molecule has 0 unspecified atom stereocenters. The summed E-state index contributed by atoms with van der Waals surface area (Å²) < 4.78 is 42.7. The van der Waals surface area contributed by atoms with Crippen molar-refractivity contribution in [1.82, 2.24) is 9.78 Å². The van der Waals surface area contributed by atoms with Crippen LogP contribution >= 0.6 is 0 Å². The summed E-state index contributed by atoms with van der Waals surface area (Å²) >= 11 is 0. The van der Waals surface area contributed by atoms with Crippen LogP contribution in [0.3, 0.4) is 0 Å². The first-order valence-corrected chi connectivity index (χ1v) is 11.6. The predicted octanol–water partition coefficient (Wildman–Crippen LogP) is 4.43. The largest absolute Gasteiger partial charge is 0.319 e. The van der Waals surface area contributed by atoms with Gasteiger partial charge in [0.2, 0.25) is 0 Å². The number of carbonyl (C=O) groups is 1. The van der Waals surface area contributed by atoms with Crippen molar-refractivity contribution in [2.45, 2.75) is 18.4 Å². The van der Waals surface area contributed by atoms with Gasteiger partial charge in [-0.2, -0.15) is 5.10 Å². The first kappa shape index (κ1) is 22.2. The maximum absolute atomic E-state index is 13.1. The number of benzene rings is 3. The van der Waals surface area contributed by atoms with Crippen LogP contribution < -0.4 is 10.0 Å². The third-order valence-electron chi connectivity index (χ3n) is 4.94. The summed E-state index contributed by atoms with van der Waals surface area (Å²) in [5.41, 5.74) is 2.61. The third kappa shape index (κ3) is 5.45. The van der Waals surface area contributed by atoms with Crippen molar-refractivity contribution in [3.63, 3.8) is 0 Å². The molecule has 0 saturated heterocycles. The first-order valence-electron chi connectivity index (χ1n) is 10.1. The fourth-order valence-corrected chi connectivity index (χ4v) is 4.31. The molecule has 1 amide bonds. The van der Waals surface area contributed by atoms with E-state index in [9.17, 15) is 17.6 Å². The topological polar surface area (TPSA) is 93.1 Å². The Morgan fingerprint density at radius 2 is 1.73 bits per heavy atom. The molecule has 7 nitrogen and oxygen atoms in total. The number of amides is 1. The van der Waals surface area contributed by atoms with E-state index in [-0.39, 0.29) is 16.1 Å². The Morgan fingerprint density at radius 3 is 2.45 bits per heavy atom. The second-order valence-electron chi connectivity index (χ2n) is 7.46. The van der Waals surface area contributed by atoms with Crippen LogP contribution in [0.2, 0.25) is 0 Å². The molecule has 0 radical (unpaired) electrons. The SMILES string of the molecule is Cc1ccc(S(=O)(=O)Nc2ccc(F)cc2)cc1C(=O)Nc1cnn(Cc2ccccc2)c1. The molecule has 0 spiro atoms. The van der Waals surface area contributed by atoms with Crippen LogP contribution in [0.15, 0.2) is 90.1 Å². The molecule has 1 aromatic heterocycles. The molecule has 0 bridgehead atoms. The molecule has 0 atom stereocenters. The van der Waals surface area contributed by atoms with Gasteiger partial charge in [0.25, 0.3) is 15.9 Å². The lowest BCUT2D eigenvalue weighted by Gasteiger charge is -2.11. The van der Waals surface area contributed by atoms with Gasteiger partial charge in [0.1, 0.15) is 5.82 Å². The van der Waals surface area contributed by atoms with Crippen molar-refractivity contribution in [3.8, 4) is 0 Å². The van der Waals surface area contributed by atoms with Crippen LogP contribution in [0.4, 0.5) is 15.8 Å². The first-order chi connectivity index (χ1) is 15.8. The molecule has 3 aromatic carbocycles. The number of hydrogen-bond donors (Lipinski definition) is 2. The second-order valence-corrected chi connectivity index (χ2v) is 9.14. The smallest absolute Gasteiger partial charge is 0.261 e. The highest BCUT2D eigenvalue weighted by atomic mass is 32.2. The fourth-order valence-electron chi connectivity index (χ4n) is 3.23. The molecule has 4 rings (SSSR count). The highest BCUT2D eigenvalue weighted by molar-refractivity contribution is 7.92. The van der Waals surface area contributed by atoms with Gasteiger partial charge >= 0.3 is 0 Å². The van der Waals surface area contributed by atoms with E-state index >= 15 is 0 Å². The van der Waals surface area contributed by atoms with E-state index in [4.69, 9.17) is 0 Å². The maximum Gasteiger partial charge on any atom is 0.261 e. The number of nitrogens with one attached hydrogen (secondary N) is 2. The van der Waals surface area contributed by atoms with Crippen molar-refractivity contribution in [2.24, 2.45) is 0 Å². The van der Waals surface area contributed by atoms with Gasteiger partial charge in [0, 0.05) is 17.4 Å². The number of aromatic nitrogens is 2. The third-order valence-corrected chi connectivity index (χ3v) is 6.32. The Labute approximate surface area is 190 Å². The van der Waals surface area contributed by atoms with Crippen LogP contribution in [-0.4, -0.2) is 24.1 Å². The molecule has 0 aliphatic heterocycles. The van der Waals surface area contributed by atoms with Crippen molar-refractivity contribution >= 4 is 27.3 Å². The van der Waals surface area contributed by atoms with E-state index in [1.807, 2.05) is 30.3 Å². The standard InChI is InChI=1S/C24H21FN4O3S/c1-17-7-12-22(33(31,32)28-20-10-8-19(25)9-11-20)13-23(17)24(30)27-21-14-26-29(16-21)15-18-5-3-2-4-6-18/h2-14,16,28H,15H2,1H3,(H,27,30). The van der Waals surface area contributed by atoms with Gasteiger partial charge in [0.15, 0.2) is 0 Å². The van der Waals surface area contributed by atoms with E-state index < -0.39 is 21.7 Å². The van der Waals surface area contributed by atoms with Gasteiger partial charge in [0.05, 0.1) is 23.3 Å². The number of hydrogen-bond acceptors (Lipinski definition) is 4. The number of anilines is 2. The zero-order valence-electron chi connectivity index (χ0n) is 17.7. The van der Waals surface area contributed by atoms with Crippen LogP contribution in [0.5, 0.6) is 0 Å². The predicted molar refractivity (Wildman–Crippen MR) is 124 cm³/mol. The number of nitrogens with zero attached hydrogens (tertiary/aromatic N) is 2. The summed E-state index contributed by atoms with van der Waals surface area (Å²) in [5.74, 6) is -0.926. The molecule has 1 heterocycles. The Bertz CT molecular complexity index is 1380. The second kappa shape index (κ2) is 9.25. The molecule has 0 aliphatic carbocycles. The monoisotopic (exact) mass is 464 g/mol. The van der Waals surface area contributed by atoms with E-state index in [1.165, 1.54) is 30.5 Å². The minimum atomic E-state index is -3.97. The van der Waals surface area contributed by atoms with Gasteiger partial charge in [-0.15, -0.1) is 0 Å². The number of aryl methyl sites for hydroxylation is 1.